The summed E-state index contributed by atoms with van der Waals surface area (Å²) >= 11 is 0. The van der Waals surface area contributed by atoms with Crippen molar-refractivity contribution in [3.05, 3.63) is 0 Å². The molecule has 0 aliphatic rings. The second kappa shape index (κ2) is 58.1. The molecule has 0 aromatic heterocycles. The van der Waals surface area contributed by atoms with Gasteiger partial charge >= 0.3 is 17.9 Å². The number of hydrogen-bond acceptors (Lipinski definition) is 6. The van der Waals surface area contributed by atoms with E-state index in [2.05, 4.69) is 41.5 Å². The standard InChI is InChI=1S/C67H130O6/c1-7-62(5)54-48-42-36-30-24-20-16-11-9-10-12-17-21-25-32-38-44-50-56-65(68)71-59-64(60-72-66(69)57-51-45-39-33-28-27-31-37-43-49-55-63(6)8-2)73-67(70)58-52-46-40-34-26-22-18-14-13-15-19-23-29-35-41-47-53-61(3)4/h61-64H,7-60H2,1-6H3/t62?,63?,64-/m1/s1. The van der Waals surface area contributed by atoms with Gasteiger partial charge in [-0.25, -0.2) is 0 Å². The van der Waals surface area contributed by atoms with Gasteiger partial charge in [0.15, 0.2) is 6.10 Å². The first-order valence-electron chi connectivity index (χ1n) is 33.2. The molecule has 0 aliphatic carbocycles. The summed E-state index contributed by atoms with van der Waals surface area (Å²) in [5.74, 6) is 1.80. The molecule has 6 heteroatoms. The molecular weight excluding hydrogens is 901 g/mol. The highest BCUT2D eigenvalue weighted by Crippen LogP contribution is 2.20. The van der Waals surface area contributed by atoms with Crippen molar-refractivity contribution in [3.8, 4) is 0 Å². The molecule has 6 nitrogen and oxygen atoms in total. The molecule has 434 valence electrons. The Morgan fingerprint density at radius 3 is 0.712 bits per heavy atom. The summed E-state index contributed by atoms with van der Waals surface area (Å²) in [7, 11) is 0. The van der Waals surface area contributed by atoms with E-state index in [0.29, 0.717) is 19.3 Å². The maximum Gasteiger partial charge on any atom is 0.306 e. The fraction of sp³-hybridized carbons (Fsp3) is 0.955. The molecule has 0 N–H and O–H groups in total. The summed E-state index contributed by atoms with van der Waals surface area (Å²) in [6, 6.07) is 0. The molecule has 0 bridgehead atoms. The number of carbonyl (C=O) groups excluding carboxylic acids is 3. The Balaban J connectivity index is 4.26. The first kappa shape index (κ1) is 71.4. The fourth-order valence-electron chi connectivity index (χ4n) is 10.3. The summed E-state index contributed by atoms with van der Waals surface area (Å²) in [6.45, 7) is 13.9. The lowest BCUT2D eigenvalue weighted by Gasteiger charge is -2.18. The number of rotatable bonds is 60. The molecule has 0 aromatic rings. The van der Waals surface area contributed by atoms with Crippen LogP contribution in [0.5, 0.6) is 0 Å². The van der Waals surface area contributed by atoms with Gasteiger partial charge in [-0.2, -0.15) is 0 Å². The van der Waals surface area contributed by atoms with Crippen molar-refractivity contribution < 1.29 is 28.6 Å². The van der Waals surface area contributed by atoms with Crippen LogP contribution in [0.2, 0.25) is 0 Å². The van der Waals surface area contributed by atoms with E-state index in [1.807, 2.05) is 0 Å². The van der Waals surface area contributed by atoms with E-state index in [9.17, 15) is 14.4 Å². The van der Waals surface area contributed by atoms with Crippen LogP contribution < -0.4 is 0 Å². The van der Waals surface area contributed by atoms with Gasteiger partial charge in [-0.1, -0.05) is 337 Å². The van der Waals surface area contributed by atoms with Crippen molar-refractivity contribution in [1.82, 2.24) is 0 Å². The molecule has 0 spiro atoms. The van der Waals surface area contributed by atoms with Crippen LogP contribution in [-0.4, -0.2) is 37.2 Å². The van der Waals surface area contributed by atoms with Gasteiger partial charge in [0.05, 0.1) is 0 Å². The number of esters is 3. The lowest BCUT2D eigenvalue weighted by Crippen LogP contribution is -2.30. The highest BCUT2D eigenvalue weighted by Gasteiger charge is 2.20. The highest BCUT2D eigenvalue weighted by atomic mass is 16.6. The van der Waals surface area contributed by atoms with Gasteiger partial charge in [0.2, 0.25) is 0 Å². The van der Waals surface area contributed by atoms with Gasteiger partial charge in [0.25, 0.3) is 0 Å². The van der Waals surface area contributed by atoms with Gasteiger partial charge in [-0.15, -0.1) is 0 Å². The van der Waals surface area contributed by atoms with E-state index in [0.717, 1.165) is 75.5 Å². The molecule has 2 unspecified atom stereocenters. The molecule has 0 radical (unpaired) electrons. The first-order chi connectivity index (χ1) is 35.7. The minimum Gasteiger partial charge on any atom is -0.462 e. The third kappa shape index (κ3) is 57.9. The fourth-order valence-corrected chi connectivity index (χ4v) is 10.3. The van der Waals surface area contributed by atoms with Crippen molar-refractivity contribution >= 4 is 17.9 Å². The topological polar surface area (TPSA) is 78.9 Å². The molecule has 3 atom stereocenters. The molecule has 0 rings (SSSR count). The molecule has 0 aliphatic heterocycles. The van der Waals surface area contributed by atoms with E-state index in [1.165, 1.54) is 257 Å². The summed E-state index contributed by atoms with van der Waals surface area (Å²) in [6.07, 6.45) is 63.8. The van der Waals surface area contributed by atoms with E-state index in [1.54, 1.807) is 0 Å². The first-order valence-corrected chi connectivity index (χ1v) is 33.2. The Morgan fingerprint density at radius 2 is 0.479 bits per heavy atom. The van der Waals surface area contributed by atoms with Crippen molar-refractivity contribution in [2.45, 2.75) is 382 Å². The van der Waals surface area contributed by atoms with Crippen LogP contribution in [-0.2, 0) is 28.6 Å². The van der Waals surface area contributed by atoms with Crippen LogP contribution in [0.25, 0.3) is 0 Å². The Labute approximate surface area is 457 Å². The smallest absolute Gasteiger partial charge is 0.306 e. The van der Waals surface area contributed by atoms with Gasteiger partial charge < -0.3 is 14.2 Å². The molecule has 0 amide bonds. The molecule has 73 heavy (non-hydrogen) atoms. The quantitative estimate of drug-likeness (QED) is 0.0343. The van der Waals surface area contributed by atoms with E-state index < -0.39 is 6.10 Å². The monoisotopic (exact) mass is 1030 g/mol. The summed E-state index contributed by atoms with van der Waals surface area (Å²) in [5, 5.41) is 0. The average molecular weight is 1030 g/mol. The number of unbranched alkanes of at least 4 members (excludes halogenated alkanes) is 41. The van der Waals surface area contributed by atoms with Crippen LogP contribution in [0.15, 0.2) is 0 Å². The molecule has 0 aromatic carbocycles. The van der Waals surface area contributed by atoms with Crippen LogP contribution in [0, 0.1) is 17.8 Å². The number of carbonyl (C=O) groups is 3. The number of ether oxygens (including phenoxy) is 3. The number of hydrogen-bond donors (Lipinski definition) is 0. The highest BCUT2D eigenvalue weighted by molar-refractivity contribution is 5.71. The molecule has 0 saturated carbocycles. The van der Waals surface area contributed by atoms with E-state index in [4.69, 9.17) is 14.2 Å². The van der Waals surface area contributed by atoms with Crippen molar-refractivity contribution in [2.75, 3.05) is 13.2 Å². The second-order valence-electron chi connectivity index (χ2n) is 24.1. The Hall–Kier alpha value is -1.59. The normalized spacial score (nSPS) is 12.9. The third-order valence-corrected chi connectivity index (χ3v) is 16.1. The van der Waals surface area contributed by atoms with Gasteiger partial charge in [0, 0.05) is 19.3 Å². The van der Waals surface area contributed by atoms with E-state index in [-0.39, 0.29) is 31.1 Å². The Kier molecular flexibility index (Phi) is 56.8. The Morgan fingerprint density at radius 1 is 0.274 bits per heavy atom. The van der Waals surface area contributed by atoms with Gasteiger partial charge in [-0.3, -0.25) is 14.4 Å². The molecule has 0 heterocycles. The predicted molar refractivity (Wildman–Crippen MR) is 316 cm³/mol. The minimum atomic E-state index is -0.765. The van der Waals surface area contributed by atoms with Crippen LogP contribution in [0.4, 0.5) is 0 Å². The zero-order valence-electron chi connectivity index (χ0n) is 50.4. The third-order valence-electron chi connectivity index (χ3n) is 16.1. The van der Waals surface area contributed by atoms with Gasteiger partial charge in [0.1, 0.15) is 13.2 Å². The maximum atomic E-state index is 12.9. The average Bonchev–Trinajstić information content (AvgIpc) is 3.38. The van der Waals surface area contributed by atoms with Crippen LogP contribution >= 0.6 is 0 Å². The van der Waals surface area contributed by atoms with Crippen molar-refractivity contribution in [3.63, 3.8) is 0 Å². The lowest BCUT2D eigenvalue weighted by atomic mass is 9.99. The summed E-state index contributed by atoms with van der Waals surface area (Å²) in [4.78, 5) is 38.4. The molecule has 0 saturated heterocycles. The van der Waals surface area contributed by atoms with Gasteiger partial charge in [-0.05, 0) is 37.0 Å². The SMILES string of the molecule is CCC(C)CCCCCCCCCCCCCCCCCCCCC(=O)OC[C@H](COC(=O)CCCCCCCCCCCCC(C)CC)OC(=O)CCCCCCCCCCCCCCCCCCC(C)C. The largest absolute Gasteiger partial charge is 0.462 e. The lowest BCUT2D eigenvalue weighted by molar-refractivity contribution is -0.167. The van der Waals surface area contributed by atoms with E-state index >= 15 is 0 Å². The predicted octanol–water partition coefficient (Wildman–Crippen LogP) is 22.2. The molecule has 0 fully saturated rings. The maximum absolute atomic E-state index is 12.9. The Bertz CT molecular complexity index is 1140. The van der Waals surface area contributed by atoms with Crippen molar-refractivity contribution in [1.29, 1.82) is 0 Å². The zero-order chi connectivity index (χ0) is 53.3. The minimum absolute atomic E-state index is 0.0625. The van der Waals surface area contributed by atoms with Crippen LogP contribution in [0.3, 0.4) is 0 Å². The molecular formula is C67H130O6. The zero-order valence-corrected chi connectivity index (χ0v) is 50.4. The second-order valence-corrected chi connectivity index (χ2v) is 24.1. The van der Waals surface area contributed by atoms with Crippen molar-refractivity contribution in [2.24, 2.45) is 17.8 Å². The summed E-state index contributed by atoms with van der Waals surface area (Å²) in [5.41, 5.74) is 0. The van der Waals surface area contributed by atoms with Crippen LogP contribution in [0.1, 0.15) is 375 Å². The summed E-state index contributed by atoms with van der Waals surface area (Å²) < 4.78 is 17.0.